The van der Waals surface area contributed by atoms with Crippen molar-refractivity contribution >= 4 is 64.6 Å². The number of alkyl halides is 3. The van der Waals surface area contributed by atoms with Crippen LogP contribution in [0.25, 0.3) is 0 Å². The second kappa shape index (κ2) is 11.0. The van der Waals surface area contributed by atoms with Crippen LogP contribution in [0.3, 0.4) is 0 Å². The van der Waals surface area contributed by atoms with E-state index >= 15 is 0 Å². The zero-order valence-corrected chi connectivity index (χ0v) is 18.6. The Morgan fingerprint density at radius 1 is 0.800 bits per heavy atom. The van der Waals surface area contributed by atoms with E-state index in [1.807, 2.05) is 0 Å². The predicted molar refractivity (Wildman–Crippen MR) is 101 cm³/mol. The van der Waals surface area contributed by atoms with Crippen LogP contribution < -0.4 is 0 Å². The lowest BCUT2D eigenvalue weighted by molar-refractivity contribution is -0.292. The number of carbonyl (C=O) groups is 4. The summed E-state index contributed by atoms with van der Waals surface area (Å²) in [5.74, 6) is -4.03. The van der Waals surface area contributed by atoms with Crippen LogP contribution in [-0.2, 0) is 47.6 Å². The monoisotopic (exact) mass is 491 g/mol. The molecule has 1 saturated heterocycles. The van der Waals surface area contributed by atoms with Crippen LogP contribution in [0.2, 0.25) is 0 Å². The fraction of sp³-hybridized carbons (Fsp3) is 0.688. The van der Waals surface area contributed by atoms with E-state index in [1.54, 1.807) is 0 Å². The van der Waals surface area contributed by atoms with Gasteiger partial charge >= 0.3 is 23.9 Å². The third-order valence-electron chi connectivity index (χ3n) is 3.44. The predicted octanol–water partition coefficient (Wildman–Crippen LogP) is 1.43. The molecule has 3 unspecified atom stereocenters. The van der Waals surface area contributed by atoms with Crippen LogP contribution in [0.15, 0.2) is 0 Å². The van der Waals surface area contributed by atoms with Gasteiger partial charge in [-0.1, -0.05) is 34.8 Å². The number of hydrogen-bond acceptors (Lipinski definition) is 11. The van der Waals surface area contributed by atoms with Crippen molar-refractivity contribution in [3.63, 3.8) is 0 Å². The second-order valence-electron chi connectivity index (χ2n) is 6.01. The summed E-state index contributed by atoms with van der Waals surface area (Å²) in [6.07, 6.45) is -7.25. The number of halogens is 3. The molecule has 0 radical (unpaired) electrons. The molecule has 0 saturated carbocycles. The van der Waals surface area contributed by atoms with Crippen molar-refractivity contribution in [2.24, 2.45) is 0 Å². The Kier molecular flexibility index (Phi) is 9.60. The maximum Gasteiger partial charge on any atom is 0.303 e. The largest absolute Gasteiger partial charge is 0.463 e. The topological polar surface area (TPSA) is 148 Å². The van der Waals surface area contributed by atoms with E-state index in [1.165, 1.54) is 0 Å². The Balaban J connectivity index is 3.37. The molecular weight excluding hydrogens is 473 g/mol. The number of nitrogens with one attached hydrogen (secondary N) is 1. The number of ether oxygens (including phenoxy) is 6. The molecule has 14 heteroatoms. The first-order valence-corrected chi connectivity index (χ1v) is 9.48. The van der Waals surface area contributed by atoms with Crippen molar-refractivity contribution in [3.8, 4) is 0 Å². The van der Waals surface area contributed by atoms with Crippen molar-refractivity contribution in [2.45, 2.75) is 62.2 Å². The highest BCUT2D eigenvalue weighted by Gasteiger charge is 2.54. The van der Waals surface area contributed by atoms with Crippen molar-refractivity contribution in [1.82, 2.24) is 0 Å². The second-order valence-corrected chi connectivity index (χ2v) is 8.29. The van der Waals surface area contributed by atoms with Crippen LogP contribution in [0, 0.1) is 5.41 Å². The van der Waals surface area contributed by atoms with Crippen molar-refractivity contribution in [3.05, 3.63) is 0 Å². The molecule has 1 fully saturated rings. The lowest BCUT2D eigenvalue weighted by Crippen LogP contribution is -2.63. The minimum Gasteiger partial charge on any atom is -0.463 e. The van der Waals surface area contributed by atoms with Crippen LogP contribution in [0.4, 0.5) is 0 Å². The third-order valence-corrected chi connectivity index (χ3v) is 3.95. The van der Waals surface area contributed by atoms with E-state index in [9.17, 15) is 19.2 Å². The van der Waals surface area contributed by atoms with E-state index in [2.05, 4.69) is 0 Å². The average Bonchev–Trinajstić information content (AvgIpc) is 2.56. The molecule has 0 spiro atoms. The number of esters is 4. The molecule has 0 aliphatic carbocycles. The quantitative estimate of drug-likeness (QED) is 0.190. The molecule has 1 N–H and O–H groups in total. The fourth-order valence-electron chi connectivity index (χ4n) is 2.47. The Morgan fingerprint density at radius 2 is 1.27 bits per heavy atom. The van der Waals surface area contributed by atoms with E-state index < -0.39 is 70.9 Å². The molecule has 30 heavy (non-hydrogen) atoms. The molecule has 1 aliphatic rings. The first-order chi connectivity index (χ1) is 13.7. The molecule has 1 rings (SSSR count). The molecule has 170 valence electrons. The lowest BCUT2D eigenvalue weighted by Gasteiger charge is -2.44. The van der Waals surface area contributed by atoms with Gasteiger partial charge in [-0.05, 0) is 0 Å². The van der Waals surface area contributed by atoms with Crippen LogP contribution >= 0.6 is 34.8 Å². The van der Waals surface area contributed by atoms with Crippen molar-refractivity contribution < 1.29 is 47.6 Å². The Labute approximate surface area is 186 Å². The normalized spacial score (nSPS) is 26.2. The van der Waals surface area contributed by atoms with Gasteiger partial charge in [0.1, 0.15) is 12.7 Å². The first kappa shape index (κ1) is 26.2. The van der Waals surface area contributed by atoms with Crippen molar-refractivity contribution in [1.29, 1.82) is 5.41 Å². The highest BCUT2D eigenvalue weighted by Crippen LogP contribution is 2.33. The summed E-state index contributed by atoms with van der Waals surface area (Å²) in [4.78, 5) is 46.1. The summed E-state index contributed by atoms with van der Waals surface area (Å²) < 4.78 is 28.9. The third kappa shape index (κ3) is 8.13. The molecule has 1 aliphatic heterocycles. The first-order valence-electron chi connectivity index (χ1n) is 8.35. The number of hydrogen-bond donors (Lipinski definition) is 1. The fourth-order valence-corrected chi connectivity index (χ4v) is 2.60. The molecule has 0 aromatic heterocycles. The van der Waals surface area contributed by atoms with Crippen molar-refractivity contribution in [2.75, 3.05) is 6.61 Å². The van der Waals surface area contributed by atoms with Gasteiger partial charge in [0.2, 0.25) is 18.3 Å². The summed E-state index contributed by atoms with van der Waals surface area (Å²) in [7, 11) is 0. The number of rotatable bonds is 6. The van der Waals surface area contributed by atoms with Gasteiger partial charge in [-0.2, -0.15) is 0 Å². The van der Waals surface area contributed by atoms with Gasteiger partial charge in [0.25, 0.3) is 3.79 Å². The smallest absolute Gasteiger partial charge is 0.303 e. The highest BCUT2D eigenvalue weighted by atomic mass is 35.6. The molecule has 0 amide bonds. The SMILES string of the molecule is CC(=O)OCC1O[C@@H](OC(=N)C(Cl)(Cl)Cl)C(OC(C)=O)C(OC(C)=O)[C@@H]1OC(C)=O. The minimum atomic E-state index is -2.29. The minimum absolute atomic E-state index is 0.460. The van der Waals surface area contributed by atoms with Crippen LogP contribution in [0.5, 0.6) is 0 Å². The maximum atomic E-state index is 11.7. The van der Waals surface area contributed by atoms with Crippen LogP contribution in [-0.4, -0.2) is 70.9 Å². The Hall–Kier alpha value is -1.82. The summed E-state index contributed by atoms with van der Waals surface area (Å²) in [6.45, 7) is 3.86. The maximum absolute atomic E-state index is 11.7. The van der Waals surface area contributed by atoms with Gasteiger partial charge in [0.15, 0.2) is 12.2 Å². The summed E-state index contributed by atoms with van der Waals surface area (Å²) >= 11 is 16.8. The van der Waals surface area contributed by atoms with Gasteiger partial charge in [-0.15, -0.1) is 0 Å². The van der Waals surface area contributed by atoms with Gasteiger partial charge in [-0.3, -0.25) is 24.6 Å². The average molecular weight is 493 g/mol. The molecule has 0 aromatic carbocycles. The van der Waals surface area contributed by atoms with E-state index in [4.69, 9.17) is 68.6 Å². The Bertz CT molecular complexity index is 695. The molecule has 11 nitrogen and oxygen atoms in total. The lowest BCUT2D eigenvalue weighted by atomic mass is 9.98. The molecular formula is C16H20Cl3NO10. The molecule has 5 atom stereocenters. The standard InChI is InChI=1S/C16H20Cl3NO10/c1-6(21)25-5-10-11(26-7(2)22)12(27-8(3)23)13(28-9(4)24)14(29-10)30-15(20)16(17,18)19/h10-14,20H,5H2,1-4H3/t10?,11-,12?,13?,14+/m1/s1. The van der Waals surface area contributed by atoms with Crippen LogP contribution in [0.1, 0.15) is 27.7 Å². The Morgan fingerprint density at radius 3 is 1.70 bits per heavy atom. The summed E-state index contributed by atoms with van der Waals surface area (Å²) in [5.41, 5.74) is 0. The van der Waals surface area contributed by atoms with E-state index in [0.29, 0.717) is 0 Å². The van der Waals surface area contributed by atoms with E-state index in [-0.39, 0.29) is 0 Å². The zero-order chi connectivity index (χ0) is 23.2. The van der Waals surface area contributed by atoms with E-state index in [0.717, 1.165) is 27.7 Å². The summed E-state index contributed by atoms with van der Waals surface area (Å²) in [5, 5.41) is 7.74. The van der Waals surface area contributed by atoms with Gasteiger partial charge in [-0.25, -0.2) is 0 Å². The van der Waals surface area contributed by atoms with Gasteiger partial charge < -0.3 is 28.4 Å². The molecule has 0 aromatic rings. The van der Waals surface area contributed by atoms with Gasteiger partial charge in [0, 0.05) is 27.7 Å². The molecule has 1 heterocycles. The number of carbonyl (C=O) groups excluding carboxylic acids is 4. The zero-order valence-electron chi connectivity index (χ0n) is 16.3. The summed E-state index contributed by atoms with van der Waals surface area (Å²) in [6, 6.07) is 0. The van der Waals surface area contributed by atoms with Gasteiger partial charge in [0.05, 0.1) is 0 Å². The highest BCUT2D eigenvalue weighted by molar-refractivity contribution is 6.76. The molecule has 0 bridgehead atoms.